The number of aromatic nitrogens is 2. The molecule has 4 aromatic rings. The Morgan fingerprint density at radius 2 is 1.42 bits per heavy atom. The predicted molar refractivity (Wildman–Crippen MR) is 121 cm³/mol. The summed E-state index contributed by atoms with van der Waals surface area (Å²) < 4.78 is 12.8. The minimum atomic E-state index is -0.140. The molecule has 0 amide bonds. The molecular formula is C26H24N2O3. The van der Waals surface area contributed by atoms with Crippen LogP contribution in [0.15, 0.2) is 95.8 Å². The lowest BCUT2D eigenvalue weighted by atomic mass is 10.1. The minimum Gasteiger partial charge on any atom is -0.494 e. The van der Waals surface area contributed by atoms with Crippen molar-refractivity contribution in [1.82, 2.24) is 9.78 Å². The summed E-state index contributed by atoms with van der Waals surface area (Å²) in [4.78, 5) is 12.3. The van der Waals surface area contributed by atoms with Crippen molar-refractivity contribution in [2.75, 3.05) is 6.61 Å². The third-order valence-electron chi connectivity index (χ3n) is 4.83. The first kappa shape index (κ1) is 20.4. The molecule has 0 aliphatic carbocycles. The van der Waals surface area contributed by atoms with Gasteiger partial charge in [0.15, 0.2) is 0 Å². The molecule has 0 N–H and O–H groups in total. The van der Waals surface area contributed by atoms with E-state index in [0.717, 1.165) is 33.9 Å². The molecule has 0 atom stereocenters. The fourth-order valence-electron chi connectivity index (χ4n) is 3.21. The normalized spacial score (nSPS) is 10.6. The van der Waals surface area contributed by atoms with E-state index >= 15 is 0 Å². The lowest BCUT2D eigenvalue weighted by molar-refractivity contribution is 0.306. The number of rotatable bonds is 8. The van der Waals surface area contributed by atoms with E-state index in [4.69, 9.17) is 9.47 Å². The van der Waals surface area contributed by atoms with Gasteiger partial charge in [-0.15, -0.1) is 0 Å². The Balaban J connectivity index is 1.45. The molecule has 0 aliphatic rings. The second kappa shape index (κ2) is 9.76. The molecule has 5 heteroatoms. The summed E-state index contributed by atoms with van der Waals surface area (Å²) >= 11 is 0. The average Bonchev–Trinajstić information content (AvgIpc) is 2.81. The molecular weight excluding hydrogens is 388 g/mol. The van der Waals surface area contributed by atoms with Crippen molar-refractivity contribution < 1.29 is 9.47 Å². The zero-order chi connectivity index (χ0) is 21.5. The Bertz CT molecular complexity index is 1170. The van der Waals surface area contributed by atoms with Crippen molar-refractivity contribution >= 4 is 0 Å². The maximum atomic E-state index is 12.3. The highest BCUT2D eigenvalue weighted by Crippen LogP contribution is 2.20. The van der Waals surface area contributed by atoms with Crippen LogP contribution in [0, 0.1) is 0 Å². The zero-order valence-electron chi connectivity index (χ0n) is 17.4. The van der Waals surface area contributed by atoms with Crippen molar-refractivity contribution in [1.29, 1.82) is 0 Å². The van der Waals surface area contributed by atoms with Crippen LogP contribution in [-0.4, -0.2) is 16.4 Å². The second-order valence-corrected chi connectivity index (χ2v) is 7.09. The molecule has 0 fully saturated rings. The van der Waals surface area contributed by atoms with Crippen LogP contribution in [0.3, 0.4) is 0 Å². The summed E-state index contributed by atoms with van der Waals surface area (Å²) in [5, 5.41) is 4.54. The third kappa shape index (κ3) is 5.39. The van der Waals surface area contributed by atoms with Crippen LogP contribution in [0.2, 0.25) is 0 Å². The number of hydrogen-bond acceptors (Lipinski definition) is 4. The summed E-state index contributed by atoms with van der Waals surface area (Å²) in [6, 6.07) is 28.8. The van der Waals surface area contributed by atoms with E-state index < -0.39 is 0 Å². The Kier molecular flexibility index (Phi) is 6.43. The first-order valence-corrected chi connectivity index (χ1v) is 10.3. The van der Waals surface area contributed by atoms with Crippen LogP contribution in [0.4, 0.5) is 0 Å². The van der Waals surface area contributed by atoms with E-state index in [-0.39, 0.29) is 5.56 Å². The molecule has 0 aliphatic heterocycles. The molecule has 0 spiro atoms. The number of hydrogen-bond donors (Lipinski definition) is 0. The monoisotopic (exact) mass is 412 g/mol. The maximum absolute atomic E-state index is 12.3. The van der Waals surface area contributed by atoms with Gasteiger partial charge in [-0.05, 0) is 60.5 Å². The van der Waals surface area contributed by atoms with Gasteiger partial charge in [-0.25, -0.2) is 4.68 Å². The molecule has 1 heterocycles. The maximum Gasteiger partial charge on any atom is 0.267 e. The molecule has 0 radical (unpaired) electrons. The number of benzene rings is 3. The molecule has 156 valence electrons. The molecule has 0 saturated carbocycles. The smallest absolute Gasteiger partial charge is 0.267 e. The van der Waals surface area contributed by atoms with E-state index in [0.29, 0.717) is 19.8 Å². The van der Waals surface area contributed by atoms with Gasteiger partial charge < -0.3 is 9.47 Å². The van der Waals surface area contributed by atoms with Gasteiger partial charge in [0.1, 0.15) is 18.1 Å². The largest absolute Gasteiger partial charge is 0.494 e. The van der Waals surface area contributed by atoms with Crippen molar-refractivity contribution in [3.63, 3.8) is 0 Å². The molecule has 0 unspecified atom stereocenters. The topological polar surface area (TPSA) is 53.4 Å². The molecule has 0 saturated heterocycles. The van der Waals surface area contributed by atoms with Crippen molar-refractivity contribution in [2.45, 2.75) is 20.1 Å². The molecule has 0 bridgehead atoms. The van der Waals surface area contributed by atoms with E-state index in [1.54, 1.807) is 12.1 Å². The van der Waals surface area contributed by atoms with Crippen LogP contribution in [-0.2, 0) is 13.2 Å². The van der Waals surface area contributed by atoms with Crippen LogP contribution < -0.4 is 15.0 Å². The lowest BCUT2D eigenvalue weighted by Gasteiger charge is -2.10. The van der Waals surface area contributed by atoms with Gasteiger partial charge >= 0.3 is 0 Å². The quantitative estimate of drug-likeness (QED) is 0.411. The van der Waals surface area contributed by atoms with Crippen LogP contribution >= 0.6 is 0 Å². The number of nitrogens with zero attached hydrogens (tertiary/aromatic N) is 2. The van der Waals surface area contributed by atoms with Gasteiger partial charge in [-0.3, -0.25) is 4.79 Å². The van der Waals surface area contributed by atoms with E-state index in [1.165, 1.54) is 4.68 Å². The zero-order valence-corrected chi connectivity index (χ0v) is 17.4. The highest BCUT2D eigenvalue weighted by molar-refractivity contribution is 5.59. The Morgan fingerprint density at radius 3 is 2.13 bits per heavy atom. The van der Waals surface area contributed by atoms with Gasteiger partial charge in [0.05, 0.1) is 18.8 Å². The molecule has 31 heavy (non-hydrogen) atoms. The van der Waals surface area contributed by atoms with Gasteiger partial charge in [-0.1, -0.05) is 42.5 Å². The first-order chi connectivity index (χ1) is 15.2. The summed E-state index contributed by atoms with van der Waals surface area (Å²) in [7, 11) is 0. The number of ether oxygens (including phenoxy) is 2. The standard InChI is InChI=1S/C26H24N2O3/c1-2-30-23-14-10-22(11-15-23)25-16-17-26(29)28(27-25)18-20-8-12-24(13-9-20)31-19-21-6-4-3-5-7-21/h3-17H,2,18-19H2,1H3. The predicted octanol–water partition coefficient (Wildman–Crippen LogP) is 4.94. The Hall–Kier alpha value is -3.86. The highest BCUT2D eigenvalue weighted by atomic mass is 16.5. The van der Waals surface area contributed by atoms with Gasteiger partial charge in [-0.2, -0.15) is 5.10 Å². The van der Waals surface area contributed by atoms with E-state index in [2.05, 4.69) is 5.10 Å². The van der Waals surface area contributed by atoms with Crippen LogP contribution in [0.25, 0.3) is 11.3 Å². The first-order valence-electron chi connectivity index (χ1n) is 10.3. The SMILES string of the molecule is CCOc1ccc(-c2ccc(=O)n(Cc3ccc(OCc4ccccc4)cc3)n2)cc1. The Labute approximate surface area is 181 Å². The van der Waals surface area contributed by atoms with Gasteiger partial charge in [0, 0.05) is 11.6 Å². The average molecular weight is 412 g/mol. The molecule has 5 nitrogen and oxygen atoms in total. The lowest BCUT2D eigenvalue weighted by Crippen LogP contribution is -2.22. The minimum absolute atomic E-state index is 0.140. The summed E-state index contributed by atoms with van der Waals surface area (Å²) in [6.45, 7) is 3.49. The van der Waals surface area contributed by atoms with Crippen molar-refractivity contribution in [2.24, 2.45) is 0 Å². The molecule has 4 rings (SSSR count). The summed E-state index contributed by atoms with van der Waals surface area (Å²) in [5.74, 6) is 1.60. The fourth-order valence-corrected chi connectivity index (χ4v) is 3.21. The molecule has 3 aromatic carbocycles. The fraction of sp³-hybridized carbons (Fsp3) is 0.154. The van der Waals surface area contributed by atoms with Gasteiger partial charge in [0.2, 0.25) is 0 Å². The highest BCUT2D eigenvalue weighted by Gasteiger charge is 2.06. The van der Waals surface area contributed by atoms with Crippen molar-refractivity contribution in [3.8, 4) is 22.8 Å². The van der Waals surface area contributed by atoms with Crippen LogP contribution in [0.5, 0.6) is 11.5 Å². The van der Waals surface area contributed by atoms with E-state index in [9.17, 15) is 4.79 Å². The van der Waals surface area contributed by atoms with Crippen LogP contribution in [0.1, 0.15) is 18.1 Å². The summed E-state index contributed by atoms with van der Waals surface area (Å²) in [5.41, 5.74) is 3.63. The van der Waals surface area contributed by atoms with Crippen molar-refractivity contribution in [3.05, 3.63) is 112 Å². The second-order valence-electron chi connectivity index (χ2n) is 7.09. The van der Waals surface area contributed by atoms with Gasteiger partial charge in [0.25, 0.3) is 5.56 Å². The van der Waals surface area contributed by atoms with E-state index in [1.807, 2.05) is 85.8 Å². The summed E-state index contributed by atoms with van der Waals surface area (Å²) in [6.07, 6.45) is 0. The Morgan fingerprint density at radius 1 is 0.742 bits per heavy atom. The molecule has 1 aromatic heterocycles. The third-order valence-corrected chi connectivity index (χ3v) is 4.83.